The molecule has 0 saturated carbocycles. The van der Waals surface area contributed by atoms with E-state index in [-0.39, 0.29) is 11.3 Å². The van der Waals surface area contributed by atoms with Crippen LogP contribution < -0.4 is 19.5 Å². The zero-order chi connectivity index (χ0) is 14.4. The van der Waals surface area contributed by atoms with Crippen LogP contribution in [-0.2, 0) is 0 Å². The first kappa shape index (κ1) is 15.4. The van der Waals surface area contributed by atoms with Crippen LogP contribution in [0.15, 0.2) is 12.1 Å². The van der Waals surface area contributed by atoms with Gasteiger partial charge in [0.1, 0.15) is 0 Å². The molecule has 0 heterocycles. The summed E-state index contributed by atoms with van der Waals surface area (Å²) in [6.45, 7) is 2.17. The molecule has 1 N–H and O–H groups in total. The van der Waals surface area contributed by atoms with E-state index < -0.39 is 0 Å². The third kappa shape index (κ3) is 3.67. The van der Waals surface area contributed by atoms with Gasteiger partial charge in [-0.05, 0) is 19.1 Å². The summed E-state index contributed by atoms with van der Waals surface area (Å²) in [4.78, 5) is 12.1. The molecule has 6 heteroatoms. The molecular weight excluding hydrogens is 270 g/mol. The third-order valence-electron chi connectivity index (χ3n) is 2.49. The van der Waals surface area contributed by atoms with Gasteiger partial charge in [0.2, 0.25) is 5.75 Å². The van der Waals surface area contributed by atoms with E-state index in [0.717, 1.165) is 0 Å². The van der Waals surface area contributed by atoms with E-state index in [2.05, 4.69) is 5.32 Å². The molecule has 0 aliphatic heterocycles. The molecule has 0 aliphatic rings. The van der Waals surface area contributed by atoms with Gasteiger partial charge in [-0.2, -0.15) is 0 Å². The minimum Gasteiger partial charge on any atom is -0.493 e. The number of hydrogen-bond donors (Lipinski definition) is 1. The van der Waals surface area contributed by atoms with E-state index in [1.54, 1.807) is 19.1 Å². The molecular formula is C13H18ClNO4. The Labute approximate surface area is 117 Å². The Balaban J connectivity index is 3.10. The molecule has 0 radical (unpaired) electrons. The lowest BCUT2D eigenvalue weighted by Gasteiger charge is -2.15. The molecule has 19 heavy (non-hydrogen) atoms. The molecule has 0 fully saturated rings. The maximum absolute atomic E-state index is 12.1. The molecule has 0 aliphatic carbocycles. The Morgan fingerprint density at radius 1 is 1.21 bits per heavy atom. The number of amides is 1. The summed E-state index contributed by atoms with van der Waals surface area (Å²) in [6, 6.07) is 3.27. The zero-order valence-corrected chi connectivity index (χ0v) is 12.2. The third-order valence-corrected chi connectivity index (χ3v) is 2.65. The molecule has 1 rings (SSSR count). The number of carbonyl (C=O) groups is 1. The number of methoxy groups -OCH3 is 3. The summed E-state index contributed by atoms with van der Waals surface area (Å²) >= 11 is 5.80. The number of hydrogen-bond acceptors (Lipinski definition) is 4. The number of ether oxygens (including phenoxy) is 3. The Morgan fingerprint density at radius 2 is 1.84 bits per heavy atom. The van der Waals surface area contributed by atoms with Crippen molar-refractivity contribution < 1.29 is 19.0 Å². The molecule has 0 spiro atoms. The number of rotatable bonds is 6. The van der Waals surface area contributed by atoms with Crippen LogP contribution in [0, 0.1) is 0 Å². The number of benzene rings is 1. The van der Waals surface area contributed by atoms with Crippen molar-refractivity contribution in [2.45, 2.75) is 12.3 Å². The summed E-state index contributed by atoms with van der Waals surface area (Å²) in [6.07, 6.45) is 0. The average molecular weight is 288 g/mol. The first-order valence-corrected chi connectivity index (χ1v) is 6.20. The fourth-order valence-electron chi connectivity index (χ4n) is 1.61. The van der Waals surface area contributed by atoms with Crippen molar-refractivity contribution in [3.8, 4) is 17.2 Å². The molecule has 0 aromatic heterocycles. The first-order chi connectivity index (χ1) is 9.04. The van der Waals surface area contributed by atoms with E-state index in [1.165, 1.54) is 21.3 Å². The first-order valence-electron chi connectivity index (χ1n) is 5.76. The van der Waals surface area contributed by atoms with Crippen LogP contribution in [0.1, 0.15) is 17.3 Å². The van der Waals surface area contributed by atoms with Crippen molar-refractivity contribution in [1.29, 1.82) is 0 Å². The summed E-state index contributed by atoms with van der Waals surface area (Å²) in [5.74, 6) is 0.949. The quantitative estimate of drug-likeness (QED) is 0.814. The molecule has 1 unspecified atom stereocenters. The Kier molecular flexibility index (Phi) is 5.76. The monoisotopic (exact) mass is 287 g/mol. The minimum atomic E-state index is -0.273. The number of nitrogens with one attached hydrogen (secondary N) is 1. The Bertz CT molecular complexity index is 449. The SMILES string of the molecule is COc1ccc(C(=O)NCC(C)Cl)c(OC)c1OC. The normalized spacial score (nSPS) is 11.6. The lowest BCUT2D eigenvalue weighted by molar-refractivity contribution is 0.0950. The van der Waals surface area contributed by atoms with E-state index in [0.29, 0.717) is 29.4 Å². The summed E-state index contributed by atoms with van der Waals surface area (Å²) in [5, 5.41) is 2.57. The summed E-state index contributed by atoms with van der Waals surface area (Å²) < 4.78 is 15.6. The van der Waals surface area contributed by atoms with Crippen LogP contribution in [0.3, 0.4) is 0 Å². The van der Waals surface area contributed by atoms with Gasteiger partial charge in [-0.1, -0.05) is 0 Å². The average Bonchev–Trinajstić information content (AvgIpc) is 2.42. The van der Waals surface area contributed by atoms with Gasteiger partial charge < -0.3 is 19.5 Å². The molecule has 106 valence electrons. The van der Waals surface area contributed by atoms with Gasteiger partial charge in [-0.3, -0.25) is 4.79 Å². The molecule has 5 nitrogen and oxygen atoms in total. The van der Waals surface area contributed by atoms with Crippen LogP contribution in [-0.4, -0.2) is 39.2 Å². The van der Waals surface area contributed by atoms with Crippen molar-refractivity contribution in [2.24, 2.45) is 0 Å². The topological polar surface area (TPSA) is 56.8 Å². The highest BCUT2D eigenvalue weighted by atomic mass is 35.5. The van der Waals surface area contributed by atoms with E-state index in [4.69, 9.17) is 25.8 Å². The second-order valence-corrected chi connectivity index (χ2v) is 4.62. The predicted octanol–water partition coefficient (Wildman–Crippen LogP) is 2.07. The largest absolute Gasteiger partial charge is 0.493 e. The van der Waals surface area contributed by atoms with Gasteiger partial charge in [-0.25, -0.2) is 0 Å². The van der Waals surface area contributed by atoms with Crippen LogP contribution >= 0.6 is 11.6 Å². The van der Waals surface area contributed by atoms with Crippen molar-refractivity contribution in [3.05, 3.63) is 17.7 Å². The highest BCUT2D eigenvalue weighted by Crippen LogP contribution is 2.39. The van der Waals surface area contributed by atoms with Crippen LogP contribution in [0.4, 0.5) is 0 Å². The van der Waals surface area contributed by atoms with Gasteiger partial charge in [0.05, 0.1) is 26.9 Å². The maximum Gasteiger partial charge on any atom is 0.255 e. The fourth-order valence-corrected chi connectivity index (χ4v) is 1.69. The summed E-state index contributed by atoms with van der Waals surface area (Å²) in [7, 11) is 4.48. The zero-order valence-electron chi connectivity index (χ0n) is 11.5. The van der Waals surface area contributed by atoms with E-state index in [1.807, 2.05) is 0 Å². The number of halogens is 1. The highest BCUT2D eigenvalue weighted by Gasteiger charge is 2.20. The molecule has 0 saturated heterocycles. The molecule has 1 aromatic carbocycles. The van der Waals surface area contributed by atoms with Crippen LogP contribution in [0.5, 0.6) is 17.2 Å². The number of carbonyl (C=O) groups excluding carboxylic acids is 1. The van der Waals surface area contributed by atoms with E-state index in [9.17, 15) is 4.79 Å². The molecule has 1 atom stereocenters. The molecule has 0 bridgehead atoms. The Morgan fingerprint density at radius 3 is 2.32 bits per heavy atom. The van der Waals surface area contributed by atoms with Crippen molar-refractivity contribution >= 4 is 17.5 Å². The fraction of sp³-hybridized carbons (Fsp3) is 0.462. The second kappa shape index (κ2) is 7.09. The maximum atomic E-state index is 12.1. The van der Waals surface area contributed by atoms with Crippen LogP contribution in [0.2, 0.25) is 0 Å². The van der Waals surface area contributed by atoms with Gasteiger partial charge in [0.15, 0.2) is 11.5 Å². The van der Waals surface area contributed by atoms with E-state index >= 15 is 0 Å². The van der Waals surface area contributed by atoms with Crippen molar-refractivity contribution in [2.75, 3.05) is 27.9 Å². The van der Waals surface area contributed by atoms with Gasteiger partial charge in [-0.15, -0.1) is 11.6 Å². The highest BCUT2D eigenvalue weighted by molar-refractivity contribution is 6.20. The lowest BCUT2D eigenvalue weighted by atomic mass is 10.1. The minimum absolute atomic E-state index is 0.143. The van der Waals surface area contributed by atoms with Crippen LogP contribution in [0.25, 0.3) is 0 Å². The molecule has 1 aromatic rings. The van der Waals surface area contributed by atoms with Gasteiger partial charge in [0.25, 0.3) is 5.91 Å². The van der Waals surface area contributed by atoms with Gasteiger partial charge >= 0.3 is 0 Å². The van der Waals surface area contributed by atoms with Gasteiger partial charge in [0, 0.05) is 11.9 Å². The van der Waals surface area contributed by atoms with Crippen molar-refractivity contribution in [3.63, 3.8) is 0 Å². The smallest absolute Gasteiger partial charge is 0.255 e. The standard InChI is InChI=1S/C13H18ClNO4/c1-8(14)7-15-13(16)9-5-6-10(17-2)12(19-4)11(9)18-3/h5-6,8H,7H2,1-4H3,(H,15,16). The summed E-state index contributed by atoms with van der Waals surface area (Å²) in [5.41, 5.74) is 0.373. The predicted molar refractivity (Wildman–Crippen MR) is 73.7 cm³/mol. The Hall–Kier alpha value is -1.62. The number of alkyl halides is 1. The second-order valence-electron chi connectivity index (χ2n) is 3.87. The molecule has 1 amide bonds. The van der Waals surface area contributed by atoms with Crippen molar-refractivity contribution in [1.82, 2.24) is 5.32 Å². The lowest BCUT2D eigenvalue weighted by Crippen LogP contribution is -2.28.